The minimum absolute atomic E-state index is 0.165. The molecular weight excluding hydrogens is 484 g/mol. The molecule has 3 N–H and O–H groups in total. The standard InChI is InChI=1S/C29H34N4O3S/c34-28(30-17-20-33-18-7-8-19-33)27(22-37-21-23-9-3-1-4-10-23)32-29(35)31-24-13-15-26(16-14-24)36-25-11-5-2-6-12-25/h1-6,9-16,27H,7-8,17-22H2,(H,30,34)(H2,31,32,35)/t27-/m0/s1. The van der Waals surface area contributed by atoms with Crippen LogP contribution in [0, 0.1) is 0 Å². The fourth-order valence-electron chi connectivity index (χ4n) is 4.07. The molecule has 0 bridgehead atoms. The molecule has 1 fully saturated rings. The molecule has 0 saturated carbocycles. The molecule has 1 aliphatic rings. The monoisotopic (exact) mass is 518 g/mol. The fourth-order valence-corrected chi connectivity index (χ4v) is 5.09. The van der Waals surface area contributed by atoms with Gasteiger partial charge < -0.3 is 25.6 Å². The van der Waals surface area contributed by atoms with E-state index in [1.54, 1.807) is 36.0 Å². The quantitative estimate of drug-likeness (QED) is 0.310. The van der Waals surface area contributed by atoms with Crippen molar-refractivity contribution in [1.82, 2.24) is 15.5 Å². The number of anilines is 1. The molecule has 3 amide bonds. The van der Waals surface area contributed by atoms with Crippen molar-refractivity contribution in [2.75, 3.05) is 37.2 Å². The highest BCUT2D eigenvalue weighted by Gasteiger charge is 2.21. The van der Waals surface area contributed by atoms with E-state index in [1.165, 1.54) is 18.4 Å². The summed E-state index contributed by atoms with van der Waals surface area (Å²) < 4.78 is 5.80. The van der Waals surface area contributed by atoms with Gasteiger partial charge in [-0.3, -0.25) is 4.79 Å². The Kier molecular flexibility index (Phi) is 10.3. The highest BCUT2D eigenvalue weighted by atomic mass is 32.2. The van der Waals surface area contributed by atoms with Crippen LogP contribution in [0.25, 0.3) is 0 Å². The molecule has 0 unspecified atom stereocenters. The number of nitrogens with one attached hydrogen (secondary N) is 3. The predicted molar refractivity (Wildman–Crippen MR) is 150 cm³/mol. The molecule has 0 aliphatic carbocycles. The summed E-state index contributed by atoms with van der Waals surface area (Å²) >= 11 is 1.62. The Bertz CT molecular complexity index is 1110. The topological polar surface area (TPSA) is 82.7 Å². The summed E-state index contributed by atoms with van der Waals surface area (Å²) in [7, 11) is 0. The van der Waals surface area contributed by atoms with Gasteiger partial charge in [-0.15, -0.1) is 0 Å². The van der Waals surface area contributed by atoms with Crippen molar-refractivity contribution in [2.24, 2.45) is 0 Å². The summed E-state index contributed by atoms with van der Waals surface area (Å²) in [5.74, 6) is 2.49. The van der Waals surface area contributed by atoms with Crippen molar-refractivity contribution in [2.45, 2.75) is 24.6 Å². The van der Waals surface area contributed by atoms with Crippen LogP contribution in [0.2, 0.25) is 0 Å². The Morgan fingerprint density at radius 2 is 1.51 bits per heavy atom. The molecule has 0 aromatic heterocycles. The third-order valence-corrected chi connectivity index (χ3v) is 7.14. The zero-order chi connectivity index (χ0) is 25.7. The summed E-state index contributed by atoms with van der Waals surface area (Å²) in [6, 6.07) is 25.7. The van der Waals surface area contributed by atoms with Gasteiger partial charge in [0.2, 0.25) is 5.91 Å². The van der Waals surface area contributed by atoms with Gasteiger partial charge in [0, 0.05) is 30.3 Å². The van der Waals surface area contributed by atoms with Crippen molar-refractivity contribution in [3.63, 3.8) is 0 Å². The van der Waals surface area contributed by atoms with Crippen molar-refractivity contribution in [3.8, 4) is 11.5 Å². The summed E-state index contributed by atoms with van der Waals surface area (Å²) in [6.07, 6.45) is 2.43. The van der Waals surface area contributed by atoms with E-state index in [0.29, 0.717) is 23.7 Å². The molecule has 3 aromatic carbocycles. The lowest BCUT2D eigenvalue weighted by Gasteiger charge is -2.20. The second kappa shape index (κ2) is 14.3. The zero-order valence-corrected chi connectivity index (χ0v) is 21.7. The van der Waals surface area contributed by atoms with Crippen molar-refractivity contribution >= 4 is 29.4 Å². The summed E-state index contributed by atoms with van der Waals surface area (Å²) in [5, 5.41) is 8.69. The number of para-hydroxylation sites is 1. The number of nitrogens with zero attached hydrogens (tertiary/aromatic N) is 1. The normalized spacial score (nSPS) is 14.1. The third-order valence-electron chi connectivity index (χ3n) is 6.03. The molecule has 7 nitrogen and oxygen atoms in total. The lowest BCUT2D eigenvalue weighted by atomic mass is 10.2. The Morgan fingerprint density at radius 1 is 0.865 bits per heavy atom. The van der Waals surface area contributed by atoms with Gasteiger partial charge >= 0.3 is 6.03 Å². The van der Waals surface area contributed by atoms with E-state index in [4.69, 9.17) is 4.74 Å². The molecule has 8 heteroatoms. The summed E-state index contributed by atoms with van der Waals surface area (Å²) in [4.78, 5) is 28.1. The van der Waals surface area contributed by atoms with Gasteiger partial charge in [0.1, 0.15) is 17.5 Å². The molecule has 4 rings (SSSR count). The van der Waals surface area contributed by atoms with Crippen molar-refractivity contribution in [3.05, 3.63) is 90.5 Å². The first-order valence-corrected chi connectivity index (χ1v) is 13.8. The minimum atomic E-state index is -0.645. The van der Waals surface area contributed by atoms with E-state index < -0.39 is 12.1 Å². The maximum absolute atomic E-state index is 13.0. The van der Waals surface area contributed by atoms with E-state index in [0.717, 1.165) is 31.1 Å². The van der Waals surface area contributed by atoms with E-state index in [2.05, 4.69) is 33.0 Å². The number of ether oxygens (including phenoxy) is 1. The van der Waals surface area contributed by atoms with Crippen LogP contribution in [0.5, 0.6) is 11.5 Å². The lowest BCUT2D eigenvalue weighted by Crippen LogP contribution is -2.50. The molecule has 1 saturated heterocycles. The average molecular weight is 519 g/mol. The Hall–Kier alpha value is -3.49. The first-order chi connectivity index (χ1) is 18.2. The molecule has 194 valence electrons. The SMILES string of the molecule is O=C(Nc1ccc(Oc2ccccc2)cc1)N[C@@H](CSCc1ccccc1)C(=O)NCCN1CCCC1. The molecule has 1 aliphatic heterocycles. The highest BCUT2D eigenvalue weighted by Crippen LogP contribution is 2.22. The lowest BCUT2D eigenvalue weighted by molar-refractivity contribution is -0.122. The van der Waals surface area contributed by atoms with Gasteiger partial charge in [0.15, 0.2) is 0 Å². The summed E-state index contributed by atoms with van der Waals surface area (Å²) in [6.45, 7) is 3.58. The Morgan fingerprint density at radius 3 is 2.22 bits per heavy atom. The van der Waals surface area contributed by atoms with Crippen LogP contribution in [0.4, 0.5) is 10.5 Å². The number of carbonyl (C=O) groups excluding carboxylic acids is 2. The zero-order valence-electron chi connectivity index (χ0n) is 20.9. The van der Waals surface area contributed by atoms with Gasteiger partial charge in [-0.05, 0) is 67.9 Å². The Labute approximate surface area is 223 Å². The average Bonchev–Trinajstić information content (AvgIpc) is 3.44. The second-order valence-corrected chi connectivity index (χ2v) is 9.96. The molecule has 1 heterocycles. The van der Waals surface area contributed by atoms with Gasteiger partial charge in [-0.2, -0.15) is 11.8 Å². The van der Waals surface area contributed by atoms with E-state index in [9.17, 15) is 9.59 Å². The first kappa shape index (κ1) is 26.6. The van der Waals surface area contributed by atoms with Crippen LogP contribution in [-0.2, 0) is 10.5 Å². The molecule has 0 spiro atoms. The van der Waals surface area contributed by atoms with Crippen LogP contribution >= 0.6 is 11.8 Å². The molecule has 3 aromatic rings. The number of rotatable bonds is 12. The predicted octanol–water partition coefficient (Wildman–Crippen LogP) is 5.11. The highest BCUT2D eigenvalue weighted by molar-refractivity contribution is 7.98. The van der Waals surface area contributed by atoms with E-state index in [-0.39, 0.29) is 5.91 Å². The van der Waals surface area contributed by atoms with Crippen molar-refractivity contribution < 1.29 is 14.3 Å². The van der Waals surface area contributed by atoms with Crippen LogP contribution in [0.15, 0.2) is 84.9 Å². The van der Waals surface area contributed by atoms with Crippen molar-refractivity contribution in [1.29, 1.82) is 0 Å². The van der Waals surface area contributed by atoms with E-state index in [1.807, 2.05) is 48.5 Å². The van der Waals surface area contributed by atoms with Crippen LogP contribution in [-0.4, -0.2) is 54.8 Å². The molecular formula is C29H34N4O3S. The summed E-state index contributed by atoms with van der Waals surface area (Å²) in [5.41, 5.74) is 1.80. The first-order valence-electron chi connectivity index (χ1n) is 12.7. The van der Waals surface area contributed by atoms with Crippen LogP contribution in [0.1, 0.15) is 18.4 Å². The van der Waals surface area contributed by atoms with Crippen LogP contribution in [0.3, 0.4) is 0 Å². The fraction of sp³-hybridized carbons (Fsp3) is 0.310. The number of hydrogen-bond acceptors (Lipinski definition) is 5. The Balaban J connectivity index is 1.29. The number of urea groups is 1. The number of carbonyl (C=O) groups is 2. The number of thioether (sulfide) groups is 1. The number of benzene rings is 3. The number of amides is 3. The number of likely N-dealkylation sites (tertiary alicyclic amines) is 1. The smallest absolute Gasteiger partial charge is 0.319 e. The molecule has 0 radical (unpaired) electrons. The maximum Gasteiger partial charge on any atom is 0.319 e. The van der Waals surface area contributed by atoms with Gasteiger partial charge in [0.05, 0.1) is 0 Å². The largest absolute Gasteiger partial charge is 0.457 e. The maximum atomic E-state index is 13.0. The third kappa shape index (κ3) is 9.15. The second-order valence-electron chi connectivity index (χ2n) is 8.93. The molecule has 37 heavy (non-hydrogen) atoms. The number of hydrogen-bond donors (Lipinski definition) is 3. The van der Waals surface area contributed by atoms with Crippen LogP contribution < -0.4 is 20.7 Å². The van der Waals surface area contributed by atoms with Gasteiger partial charge in [-0.1, -0.05) is 48.5 Å². The van der Waals surface area contributed by atoms with Gasteiger partial charge in [-0.25, -0.2) is 4.79 Å². The van der Waals surface area contributed by atoms with Gasteiger partial charge in [0.25, 0.3) is 0 Å². The molecule has 1 atom stereocenters. The van der Waals surface area contributed by atoms with E-state index >= 15 is 0 Å². The minimum Gasteiger partial charge on any atom is -0.457 e.